The van der Waals surface area contributed by atoms with Gasteiger partial charge in [-0.25, -0.2) is 0 Å². The van der Waals surface area contributed by atoms with Gasteiger partial charge in [0.2, 0.25) is 0 Å². The summed E-state index contributed by atoms with van der Waals surface area (Å²) < 4.78 is 0. The van der Waals surface area contributed by atoms with E-state index >= 15 is 0 Å². The molecule has 0 spiro atoms. The van der Waals surface area contributed by atoms with E-state index in [0.29, 0.717) is 0 Å². The monoisotopic (exact) mass is 203 g/mol. The molecule has 0 bridgehead atoms. The summed E-state index contributed by atoms with van der Waals surface area (Å²) in [6, 6.07) is 7.70. The summed E-state index contributed by atoms with van der Waals surface area (Å²) in [5.74, 6) is 1.03. The molecule has 1 aromatic heterocycles. The van der Waals surface area contributed by atoms with Crippen LogP contribution in [0.1, 0.15) is 5.56 Å². The molecule has 0 saturated heterocycles. The van der Waals surface area contributed by atoms with Crippen molar-refractivity contribution in [1.82, 2.24) is 4.98 Å². The maximum Gasteiger partial charge on any atom is 0.193 e. The Hall–Kier alpha value is -1.22. The molecule has 1 aromatic carbocycles. The number of fused-ring (bicyclic) bond motifs is 2. The Kier molecular flexibility index (Phi) is 1.67. The zero-order chi connectivity index (χ0) is 9.54. The average molecular weight is 203 g/mol. The van der Waals surface area contributed by atoms with E-state index in [2.05, 4.69) is 4.98 Å². The van der Waals surface area contributed by atoms with Crippen LogP contribution in [0.5, 0.6) is 0 Å². The molecule has 14 heavy (non-hydrogen) atoms. The fourth-order valence-electron chi connectivity index (χ4n) is 1.86. The molecule has 0 saturated carbocycles. The van der Waals surface area contributed by atoms with Crippen LogP contribution in [0, 0.1) is 0 Å². The van der Waals surface area contributed by atoms with Gasteiger partial charge < -0.3 is 4.98 Å². The summed E-state index contributed by atoms with van der Waals surface area (Å²) >= 11 is 1.74. The van der Waals surface area contributed by atoms with Crippen molar-refractivity contribution >= 4 is 22.7 Å². The van der Waals surface area contributed by atoms with Gasteiger partial charge in [0, 0.05) is 16.7 Å². The van der Waals surface area contributed by atoms with Gasteiger partial charge in [0.15, 0.2) is 5.43 Å². The Morgan fingerprint density at radius 1 is 1.29 bits per heavy atom. The summed E-state index contributed by atoms with van der Waals surface area (Å²) in [7, 11) is 0. The zero-order valence-corrected chi connectivity index (χ0v) is 8.36. The molecule has 2 heterocycles. The molecule has 70 valence electrons. The van der Waals surface area contributed by atoms with Gasteiger partial charge in [-0.2, -0.15) is 0 Å². The molecule has 2 aromatic rings. The first-order chi connectivity index (χ1) is 6.86. The number of H-pyrrole nitrogens is 1. The van der Waals surface area contributed by atoms with Gasteiger partial charge in [0.1, 0.15) is 0 Å². The third kappa shape index (κ3) is 1.02. The number of hydrogen-bond donors (Lipinski definition) is 1. The molecule has 0 amide bonds. The third-order valence-corrected chi connectivity index (χ3v) is 3.61. The highest BCUT2D eigenvalue weighted by molar-refractivity contribution is 7.99. The SMILES string of the molecule is O=c1c2c([nH]c3ccccc13)SCC2. The second kappa shape index (κ2) is 2.89. The van der Waals surface area contributed by atoms with Crippen molar-refractivity contribution in [3.05, 3.63) is 40.1 Å². The topological polar surface area (TPSA) is 32.9 Å². The highest BCUT2D eigenvalue weighted by atomic mass is 32.2. The van der Waals surface area contributed by atoms with Crippen LogP contribution in [0.4, 0.5) is 0 Å². The first-order valence-corrected chi connectivity index (χ1v) is 5.61. The fraction of sp³-hybridized carbons (Fsp3) is 0.182. The Morgan fingerprint density at radius 3 is 3.07 bits per heavy atom. The van der Waals surface area contributed by atoms with Crippen LogP contribution in [0.25, 0.3) is 10.9 Å². The van der Waals surface area contributed by atoms with E-state index in [-0.39, 0.29) is 5.43 Å². The third-order valence-electron chi connectivity index (χ3n) is 2.57. The van der Waals surface area contributed by atoms with Gasteiger partial charge in [-0.1, -0.05) is 12.1 Å². The molecule has 0 unspecified atom stereocenters. The van der Waals surface area contributed by atoms with Crippen molar-refractivity contribution in [2.45, 2.75) is 11.4 Å². The Morgan fingerprint density at radius 2 is 2.14 bits per heavy atom. The van der Waals surface area contributed by atoms with Crippen LogP contribution in [-0.4, -0.2) is 10.7 Å². The number of thioether (sulfide) groups is 1. The number of nitrogens with one attached hydrogen (secondary N) is 1. The lowest BCUT2D eigenvalue weighted by Crippen LogP contribution is -2.09. The van der Waals surface area contributed by atoms with E-state index in [1.807, 2.05) is 24.3 Å². The summed E-state index contributed by atoms with van der Waals surface area (Å²) in [5.41, 5.74) is 2.12. The second-order valence-electron chi connectivity index (χ2n) is 3.41. The number of rotatable bonds is 0. The van der Waals surface area contributed by atoms with E-state index in [1.165, 1.54) is 0 Å². The largest absolute Gasteiger partial charge is 0.349 e. The molecule has 0 radical (unpaired) electrons. The fourth-order valence-corrected chi connectivity index (χ4v) is 2.92. The van der Waals surface area contributed by atoms with Gasteiger partial charge in [-0.05, 0) is 18.6 Å². The number of para-hydroxylation sites is 1. The van der Waals surface area contributed by atoms with Crippen molar-refractivity contribution in [2.24, 2.45) is 0 Å². The van der Waals surface area contributed by atoms with Crippen LogP contribution >= 0.6 is 11.8 Å². The molecular weight excluding hydrogens is 194 g/mol. The normalized spacial score (nSPS) is 14.6. The molecular formula is C11H9NOS. The molecule has 0 fully saturated rings. The summed E-state index contributed by atoms with van der Waals surface area (Å²) in [5, 5.41) is 1.88. The lowest BCUT2D eigenvalue weighted by molar-refractivity contribution is 1.06. The van der Waals surface area contributed by atoms with Crippen molar-refractivity contribution in [3.8, 4) is 0 Å². The number of pyridine rings is 1. The quantitative estimate of drug-likeness (QED) is 0.711. The van der Waals surface area contributed by atoms with Crippen molar-refractivity contribution in [1.29, 1.82) is 0 Å². The van der Waals surface area contributed by atoms with Crippen LogP contribution in [0.2, 0.25) is 0 Å². The molecule has 0 aliphatic carbocycles. The lowest BCUT2D eigenvalue weighted by Gasteiger charge is -2.01. The second-order valence-corrected chi connectivity index (χ2v) is 4.51. The highest BCUT2D eigenvalue weighted by Crippen LogP contribution is 2.28. The minimum atomic E-state index is 0.208. The number of hydrogen-bond acceptors (Lipinski definition) is 2. The molecule has 0 atom stereocenters. The summed E-state index contributed by atoms with van der Waals surface area (Å²) in [4.78, 5) is 15.3. The maximum absolute atomic E-state index is 12.0. The first-order valence-electron chi connectivity index (χ1n) is 4.63. The van der Waals surface area contributed by atoms with Crippen LogP contribution in [0.3, 0.4) is 0 Å². The van der Waals surface area contributed by atoms with Crippen LogP contribution < -0.4 is 5.43 Å². The minimum Gasteiger partial charge on any atom is -0.349 e. The highest BCUT2D eigenvalue weighted by Gasteiger charge is 2.16. The van der Waals surface area contributed by atoms with E-state index < -0.39 is 0 Å². The zero-order valence-electron chi connectivity index (χ0n) is 7.54. The smallest absolute Gasteiger partial charge is 0.193 e. The van der Waals surface area contributed by atoms with Crippen LogP contribution in [-0.2, 0) is 6.42 Å². The minimum absolute atomic E-state index is 0.208. The van der Waals surface area contributed by atoms with E-state index in [0.717, 1.165) is 33.7 Å². The molecule has 3 rings (SSSR count). The number of aromatic amines is 1. The number of benzene rings is 1. The number of aromatic nitrogens is 1. The van der Waals surface area contributed by atoms with Crippen LogP contribution in [0.15, 0.2) is 34.1 Å². The Balaban J connectivity index is 2.50. The van der Waals surface area contributed by atoms with Crippen molar-refractivity contribution in [2.75, 3.05) is 5.75 Å². The first kappa shape index (κ1) is 8.12. The van der Waals surface area contributed by atoms with E-state index in [9.17, 15) is 4.79 Å². The summed E-state index contributed by atoms with van der Waals surface area (Å²) in [6.45, 7) is 0. The lowest BCUT2D eigenvalue weighted by atomic mass is 10.1. The standard InChI is InChI=1S/C11H9NOS/c13-10-7-3-1-2-4-9(7)12-11-8(10)5-6-14-11/h1-4H,5-6H2,(H,12,13). The molecule has 2 nitrogen and oxygen atoms in total. The predicted molar refractivity (Wildman–Crippen MR) is 59.0 cm³/mol. The van der Waals surface area contributed by atoms with E-state index in [1.54, 1.807) is 11.8 Å². The molecule has 3 heteroatoms. The van der Waals surface area contributed by atoms with Gasteiger partial charge in [0.25, 0.3) is 0 Å². The molecule has 1 aliphatic heterocycles. The maximum atomic E-state index is 12.0. The van der Waals surface area contributed by atoms with Crippen molar-refractivity contribution in [3.63, 3.8) is 0 Å². The predicted octanol–water partition coefficient (Wildman–Crippen LogP) is 2.18. The van der Waals surface area contributed by atoms with E-state index in [4.69, 9.17) is 0 Å². The van der Waals surface area contributed by atoms with Gasteiger partial charge in [-0.15, -0.1) is 11.8 Å². The average Bonchev–Trinajstić information content (AvgIpc) is 2.66. The van der Waals surface area contributed by atoms with Gasteiger partial charge in [-0.3, -0.25) is 4.79 Å². The molecule has 1 N–H and O–H groups in total. The Bertz CT molecular complexity index is 559. The summed E-state index contributed by atoms with van der Waals surface area (Å²) in [6.07, 6.45) is 0.903. The molecule has 1 aliphatic rings. The van der Waals surface area contributed by atoms with Gasteiger partial charge in [0.05, 0.1) is 10.5 Å². The van der Waals surface area contributed by atoms with Crippen molar-refractivity contribution < 1.29 is 0 Å². The Labute approximate surface area is 85.3 Å². The van der Waals surface area contributed by atoms with Gasteiger partial charge >= 0.3 is 0 Å².